The van der Waals surface area contributed by atoms with Gasteiger partial charge >= 0.3 is 6.09 Å². The second-order valence-electron chi connectivity index (χ2n) is 7.87. The van der Waals surface area contributed by atoms with Gasteiger partial charge in [-0.1, -0.05) is 68.8 Å². The molecule has 164 valence electrons. The average molecular weight is 431 g/mol. The van der Waals surface area contributed by atoms with E-state index >= 15 is 0 Å². The molecule has 1 heterocycles. The van der Waals surface area contributed by atoms with Crippen molar-refractivity contribution in [1.29, 1.82) is 0 Å². The third-order valence-electron chi connectivity index (χ3n) is 5.63. The normalized spacial score (nSPS) is 12.9. The summed E-state index contributed by atoms with van der Waals surface area (Å²) in [6.45, 7) is 4.04. The molecule has 2 N–H and O–H groups in total. The van der Waals surface area contributed by atoms with E-state index in [2.05, 4.69) is 10.6 Å². The first-order valence-electron chi connectivity index (χ1n) is 10.7. The summed E-state index contributed by atoms with van der Waals surface area (Å²) in [4.78, 5) is 25.4. The van der Waals surface area contributed by atoms with E-state index in [9.17, 15) is 9.59 Å². The zero-order chi connectivity index (χ0) is 22.5. The highest BCUT2D eigenvalue weighted by atomic mass is 16.5. The van der Waals surface area contributed by atoms with Crippen LogP contribution in [0, 0.1) is 5.92 Å². The number of hydrogen-bond donors (Lipinski definition) is 2. The summed E-state index contributed by atoms with van der Waals surface area (Å²) in [6, 6.07) is 22.1. The SMILES string of the molecule is CC[C@@H](C)[C@@H](NC(=O)OCc1ccccc1)C(=O)Nc1ccc2c(c1)oc1ccccc12. The molecule has 6 nitrogen and oxygen atoms in total. The van der Waals surface area contributed by atoms with Crippen LogP contribution in [0.1, 0.15) is 25.8 Å². The van der Waals surface area contributed by atoms with Crippen LogP contribution in [0.4, 0.5) is 10.5 Å². The van der Waals surface area contributed by atoms with Gasteiger partial charge in [-0.2, -0.15) is 0 Å². The Morgan fingerprint density at radius 3 is 2.44 bits per heavy atom. The highest BCUT2D eigenvalue weighted by Gasteiger charge is 2.27. The number of furan rings is 1. The molecule has 3 aromatic carbocycles. The van der Waals surface area contributed by atoms with E-state index in [0.717, 1.165) is 28.3 Å². The van der Waals surface area contributed by atoms with Gasteiger partial charge in [0.25, 0.3) is 0 Å². The molecule has 0 fully saturated rings. The van der Waals surface area contributed by atoms with Gasteiger partial charge < -0.3 is 19.8 Å². The Hall–Kier alpha value is -3.80. The predicted octanol–water partition coefficient (Wildman–Crippen LogP) is 5.87. The molecular weight excluding hydrogens is 404 g/mol. The largest absolute Gasteiger partial charge is 0.456 e. The lowest BCUT2D eigenvalue weighted by Crippen LogP contribution is -2.47. The molecule has 0 aliphatic rings. The number of carbonyl (C=O) groups excluding carboxylic acids is 2. The van der Waals surface area contributed by atoms with Crippen molar-refractivity contribution >= 4 is 39.6 Å². The molecular formula is C26H26N2O4. The molecule has 0 radical (unpaired) electrons. The molecule has 0 aliphatic carbocycles. The third-order valence-corrected chi connectivity index (χ3v) is 5.63. The number of rotatable bonds is 7. The standard InChI is InChI=1S/C26H26N2O4/c1-3-17(2)24(28-26(30)31-16-18-9-5-4-6-10-18)25(29)27-19-13-14-21-20-11-7-8-12-22(20)32-23(21)15-19/h4-15,17,24H,3,16H2,1-2H3,(H,27,29)(H,28,30)/t17-,24-/m1/s1. The minimum atomic E-state index is -0.727. The van der Waals surface area contributed by atoms with E-state index in [0.29, 0.717) is 11.3 Å². The predicted molar refractivity (Wildman–Crippen MR) is 125 cm³/mol. The lowest BCUT2D eigenvalue weighted by Gasteiger charge is -2.23. The van der Waals surface area contributed by atoms with E-state index < -0.39 is 12.1 Å². The maximum Gasteiger partial charge on any atom is 0.408 e. The van der Waals surface area contributed by atoms with Crippen LogP contribution in [-0.2, 0) is 16.1 Å². The summed E-state index contributed by atoms with van der Waals surface area (Å²) in [5, 5.41) is 7.64. The summed E-state index contributed by atoms with van der Waals surface area (Å²) in [5.74, 6) is -0.374. The number of benzene rings is 3. The lowest BCUT2D eigenvalue weighted by molar-refractivity contribution is -0.119. The Labute approximate surface area is 186 Å². The van der Waals surface area contributed by atoms with Gasteiger partial charge in [0, 0.05) is 22.5 Å². The molecule has 0 bridgehead atoms. The Morgan fingerprint density at radius 1 is 0.938 bits per heavy atom. The number of nitrogens with one attached hydrogen (secondary N) is 2. The minimum absolute atomic E-state index is 0.0748. The monoisotopic (exact) mass is 430 g/mol. The van der Waals surface area contributed by atoms with E-state index in [1.54, 1.807) is 6.07 Å². The van der Waals surface area contributed by atoms with Crippen LogP contribution in [-0.4, -0.2) is 18.0 Å². The maximum absolute atomic E-state index is 13.0. The fourth-order valence-electron chi connectivity index (χ4n) is 3.62. The van der Waals surface area contributed by atoms with Crippen molar-refractivity contribution in [2.24, 2.45) is 5.92 Å². The summed E-state index contributed by atoms with van der Waals surface area (Å²) < 4.78 is 11.2. The van der Waals surface area contributed by atoms with Crippen LogP contribution in [0.25, 0.3) is 21.9 Å². The van der Waals surface area contributed by atoms with Crippen molar-refractivity contribution in [3.8, 4) is 0 Å². The van der Waals surface area contributed by atoms with Crippen molar-refractivity contribution in [2.75, 3.05) is 5.32 Å². The fraction of sp³-hybridized carbons (Fsp3) is 0.231. The Balaban J connectivity index is 1.45. The van der Waals surface area contributed by atoms with Crippen molar-refractivity contribution in [2.45, 2.75) is 32.9 Å². The Kier molecular flexibility index (Phi) is 6.40. The molecule has 0 saturated carbocycles. The lowest BCUT2D eigenvalue weighted by atomic mass is 9.98. The molecule has 6 heteroatoms. The number of anilines is 1. The van der Waals surface area contributed by atoms with Crippen molar-refractivity contribution < 1.29 is 18.7 Å². The van der Waals surface area contributed by atoms with Gasteiger partial charge in [-0.15, -0.1) is 0 Å². The zero-order valence-electron chi connectivity index (χ0n) is 18.1. The van der Waals surface area contributed by atoms with Gasteiger partial charge in [-0.3, -0.25) is 4.79 Å². The molecule has 2 atom stereocenters. The van der Waals surface area contributed by atoms with Gasteiger partial charge in [0.15, 0.2) is 0 Å². The molecule has 4 rings (SSSR count). The number of fused-ring (bicyclic) bond motifs is 3. The van der Waals surface area contributed by atoms with Crippen LogP contribution < -0.4 is 10.6 Å². The molecule has 0 unspecified atom stereocenters. The van der Waals surface area contributed by atoms with Crippen LogP contribution in [0.2, 0.25) is 0 Å². The summed E-state index contributed by atoms with van der Waals surface area (Å²) >= 11 is 0. The average Bonchev–Trinajstić information content (AvgIpc) is 3.19. The molecule has 0 aliphatic heterocycles. The van der Waals surface area contributed by atoms with Crippen molar-refractivity contribution in [3.63, 3.8) is 0 Å². The molecule has 1 aromatic heterocycles. The first kappa shape index (κ1) is 21.4. The number of alkyl carbamates (subject to hydrolysis) is 1. The van der Waals surface area contributed by atoms with Gasteiger partial charge in [0.2, 0.25) is 5.91 Å². The molecule has 32 heavy (non-hydrogen) atoms. The van der Waals surface area contributed by atoms with Gasteiger partial charge in [-0.05, 0) is 29.7 Å². The molecule has 0 spiro atoms. The van der Waals surface area contributed by atoms with Crippen LogP contribution in [0.5, 0.6) is 0 Å². The van der Waals surface area contributed by atoms with Crippen LogP contribution >= 0.6 is 0 Å². The minimum Gasteiger partial charge on any atom is -0.456 e. The van der Waals surface area contributed by atoms with Crippen LogP contribution in [0.15, 0.2) is 77.2 Å². The highest BCUT2D eigenvalue weighted by molar-refractivity contribution is 6.06. The van der Waals surface area contributed by atoms with Crippen LogP contribution in [0.3, 0.4) is 0 Å². The first-order chi connectivity index (χ1) is 15.5. The Bertz CT molecular complexity index is 1230. The third kappa shape index (κ3) is 4.75. The number of ether oxygens (including phenoxy) is 1. The van der Waals surface area contributed by atoms with E-state index in [1.807, 2.05) is 80.6 Å². The second-order valence-corrected chi connectivity index (χ2v) is 7.87. The number of amides is 2. The summed E-state index contributed by atoms with van der Waals surface area (Å²) in [7, 11) is 0. The number of para-hydroxylation sites is 1. The number of carbonyl (C=O) groups is 2. The molecule has 4 aromatic rings. The van der Waals surface area contributed by atoms with Crippen molar-refractivity contribution in [3.05, 3.63) is 78.4 Å². The first-order valence-corrected chi connectivity index (χ1v) is 10.7. The highest BCUT2D eigenvalue weighted by Crippen LogP contribution is 2.30. The maximum atomic E-state index is 13.0. The zero-order valence-corrected chi connectivity index (χ0v) is 18.1. The van der Waals surface area contributed by atoms with E-state index in [1.165, 1.54) is 0 Å². The smallest absolute Gasteiger partial charge is 0.408 e. The topological polar surface area (TPSA) is 80.6 Å². The van der Waals surface area contributed by atoms with E-state index in [4.69, 9.17) is 9.15 Å². The second kappa shape index (κ2) is 9.56. The summed E-state index contributed by atoms with van der Waals surface area (Å²) in [5.41, 5.74) is 2.98. The summed E-state index contributed by atoms with van der Waals surface area (Å²) in [6.07, 6.45) is 0.0988. The quantitative estimate of drug-likeness (QED) is 0.384. The molecule has 2 amide bonds. The Morgan fingerprint density at radius 2 is 1.66 bits per heavy atom. The fourth-order valence-corrected chi connectivity index (χ4v) is 3.62. The van der Waals surface area contributed by atoms with Gasteiger partial charge in [0.05, 0.1) is 0 Å². The van der Waals surface area contributed by atoms with Gasteiger partial charge in [-0.25, -0.2) is 4.79 Å². The van der Waals surface area contributed by atoms with Crippen molar-refractivity contribution in [1.82, 2.24) is 5.32 Å². The van der Waals surface area contributed by atoms with E-state index in [-0.39, 0.29) is 18.4 Å². The number of hydrogen-bond acceptors (Lipinski definition) is 4. The molecule has 0 saturated heterocycles. The van der Waals surface area contributed by atoms with Gasteiger partial charge in [0.1, 0.15) is 23.8 Å².